The molecule has 0 aliphatic carbocycles. The average molecular weight is 970 g/mol. The van der Waals surface area contributed by atoms with E-state index in [2.05, 4.69) is 243 Å². The molecule has 3 nitrogen and oxygen atoms in total. The first-order valence-electron chi connectivity index (χ1n) is 25.1. The number of hydrogen-bond donors (Lipinski definition) is 0. The topological polar surface area (TPSA) is 29.6 Å². The number of aliphatic imine (C=N–C) groups is 2. The van der Waals surface area contributed by atoms with Crippen LogP contribution in [0.5, 0.6) is 0 Å². The number of amidine groups is 1. The van der Waals surface area contributed by atoms with Crippen LogP contribution in [0, 0.1) is 5.92 Å². The summed E-state index contributed by atoms with van der Waals surface area (Å²) < 4.78 is 7.42. The molecule has 0 saturated carbocycles. The number of thiophene rings is 2. The maximum Gasteiger partial charge on any atom is 0.161 e. The quantitative estimate of drug-likeness (QED) is 0.107. The fourth-order valence-electron chi connectivity index (χ4n) is 11.1. The van der Waals surface area contributed by atoms with Gasteiger partial charge in [-0.1, -0.05) is 190 Å². The summed E-state index contributed by atoms with van der Waals surface area (Å²) in [4.78, 5) is 11.5. The highest BCUT2D eigenvalue weighted by Crippen LogP contribution is 2.45. The minimum absolute atomic E-state index is 0.0603. The van der Waals surface area contributed by atoms with Crippen molar-refractivity contribution in [2.45, 2.75) is 20.3 Å². The molecule has 3 heterocycles. The summed E-state index contributed by atoms with van der Waals surface area (Å²) >= 11 is 3.69. The van der Waals surface area contributed by atoms with Crippen molar-refractivity contribution in [3.8, 4) is 16.8 Å². The first-order chi connectivity index (χ1) is 36.0. The molecule has 0 fully saturated rings. The molecule has 73 heavy (non-hydrogen) atoms. The standard InChI is InChI=1S/C68H47N3S2/c1-4-41(2)65(70-68(56-27-16-26-54-53-25-14-15-28-62(53)72-67(54)56)69-42(3)43-29-31-45(32-30-43)44-17-6-5-7-18-44)59-39-51(40-63-64(59)55-34-33-46-19-12-13-24-52(46)66(55)73-63)71-60-37-49-22-10-8-20-47(49)35-57(60)58-36-48-21-9-11-23-50(48)38-61(58)71/h5-41H,3-4H2,1-2H3/b69-68-,70-65+. The third kappa shape index (κ3) is 7.22. The van der Waals surface area contributed by atoms with Gasteiger partial charge < -0.3 is 4.57 Å². The molecule has 0 saturated heterocycles. The molecule has 11 aromatic carbocycles. The van der Waals surface area contributed by atoms with E-state index in [-0.39, 0.29) is 5.92 Å². The molecule has 14 aromatic rings. The van der Waals surface area contributed by atoms with Crippen LogP contribution in [0.2, 0.25) is 0 Å². The molecule has 1 atom stereocenters. The Balaban J connectivity index is 1.07. The molecule has 5 heteroatoms. The Morgan fingerprint density at radius 3 is 1.75 bits per heavy atom. The molecule has 0 bridgehead atoms. The summed E-state index contributed by atoms with van der Waals surface area (Å²) in [5, 5.41) is 14.8. The van der Waals surface area contributed by atoms with Crippen molar-refractivity contribution in [2.24, 2.45) is 15.9 Å². The van der Waals surface area contributed by atoms with Crippen LogP contribution in [-0.4, -0.2) is 16.1 Å². The van der Waals surface area contributed by atoms with Crippen LogP contribution in [0.3, 0.4) is 0 Å². The molecule has 0 radical (unpaired) electrons. The van der Waals surface area contributed by atoms with Gasteiger partial charge in [0.2, 0.25) is 0 Å². The van der Waals surface area contributed by atoms with E-state index in [9.17, 15) is 0 Å². The number of benzene rings is 11. The van der Waals surface area contributed by atoms with Gasteiger partial charge in [-0.3, -0.25) is 0 Å². The normalized spacial score (nSPS) is 13.0. The SMILES string of the molecule is C=C(/N=C(\N=C(\c1cc(-n2c3cc4ccccc4cc3c3cc4ccccc4cc32)cc2sc3c4ccccc4ccc3c12)C(C)CC)c1cccc2c1sc1ccccc12)c1ccc(-c2ccccc2)cc1. The molecule has 0 aliphatic heterocycles. The first kappa shape index (κ1) is 43.3. The Morgan fingerprint density at radius 2 is 1.05 bits per heavy atom. The zero-order valence-electron chi connectivity index (χ0n) is 40.4. The highest BCUT2D eigenvalue weighted by atomic mass is 32.1. The fraction of sp³-hybridized carbons (Fsp3) is 0.0588. The van der Waals surface area contributed by atoms with Crippen LogP contribution < -0.4 is 0 Å². The lowest BCUT2D eigenvalue weighted by Gasteiger charge is -2.19. The minimum atomic E-state index is 0.0603. The molecular formula is C68H47N3S2. The Morgan fingerprint density at radius 1 is 0.466 bits per heavy atom. The summed E-state index contributed by atoms with van der Waals surface area (Å²) in [6.07, 6.45) is 0.880. The van der Waals surface area contributed by atoms with Gasteiger partial charge in [0.05, 0.1) is 22.4 Å². The molecule has 3 aromatic heterocycles. The van der Waals surface area contributed by atoms with E-state index >= 15 is 0 Å². The van der Waals surface area contributed by atoms with Gasteiger partial charge in [-0.2, -0.15) is 0 Å². The van der Waals surface area contributed by atoms with Crippen LogP contribution in [-0.2, 0) is 0 Å². The van der Waals surface area contributed by atoms with Gasteiger partial charge in [0.15, 0.2) is 5.84 Å². The predicted octanol–water partition coefficient (Wildman–Crippen LogP) is 19.6. The lowest BCUT2D eigenvalue weighted by Crippen LogP contribution is -2.16. The van der Waals surface area contributed by atoms with Crippen molar-refractivity contribution < 1.29 is 0 Å². The van der Waals surface area contributed by atoms with E-state index in [4.69, 9.17) is 9.98 Å². The highest BCUT2D eigenvalue weighted by Gasteiger charge is 2.25. The van der Waals surface area contributed by atoms with Crippen LogP contribution in [0.1, 0.15) is 37.0 Å². The Kier molecular flexibility index (Phi) is 10.3. The summed E-state index contributed by atoms with van der Waals surface area (Å²) in [6.45, 7) is 9.27. The molecule has 0 N–H and O–H groups in total. The van der Waals surface area contributed by atoms with Gasteiger partial charge in [-0.05, 0) is 110 Å². The smallest absolute Gasteiger partial charge is 0.161 e. The van der Waals surface area contributed by atoms with Gasteiger partial charge in [-0.15, -0.1) is 22.7 Å². The lowest BCUT2D eigenvalue weighted by molar-refractivity contribution is 0.741. The second-order valence-electron chi connectivity index (χ2n) is 19.3. The summed E-state index contributed by atoms with van der Waals surface area (Å²) in [7, 11) is 0. The fourth-order valence-corrected chi connectivity index (χ4v) is 13.6. The molecule has 14 rings (SSSR count). The average Bonchev–Trinajstić information content (AvgIpc) is 4.12. The lowest BCUT2D eigenvalue weighted by atomic mass is 9.91. The van der Waals surface area contributed by atoms with Crippen molar-refractivity contribution >= 4 is 134 Å². The Hall–Kier alpha value is -8.48. The molecule has 0 aliphatic rings. The third-order valence-corrected chi connectivity index (χ3v) is 17.4. The van der Waals surface area contributed by atoms with Gasteiger partial charge in [0.1, 0.15) is 0 Å². The second kappa shape index (κ2) is 17.4. The first-order valence-corrected chi connectivity index (χ1v) is 26.8. The summed E-state index contributed by atoms with van der Waals surface area (Å²) in [5.74, 6) is 0.716. The van der Waals surface area contributed by atoms with Crippen molar-refractivity contribution in [2.75, 3.05) is 0 Å². The van der Waals surface area contributed by atoms with Gasteiger partial charge in [0.25, 0.3) is 0 Å². The zero-order chi connectivity index (χ0) is 48.7. The number of aromatic nitrogens is 1. The van der Waals surface area contributed by atoms with Crippen molar-refractivity contribution in [1.82, 2.24) is 4.57 Å². The van der Waals surface area contributed by atoms with Crippen LogP contribution >= 0.6 is 22.7 Å². The molecule has 0 spiro atoms. The number of nitrogens with zero attached hydrogens (tertiary/aromatic N) is 3. The zero-order valence-corrected chi connectivity index (χ0v) is 42.1. The van der Waals surface area contributed by atoms with E-state index in [1.54, 1.807) is 11.3 Å². The maximum atomic E-state index is 5.97. The molecule has 346 valence electrons. The highest BCUT2D eigenvalue weighted by molar-refractivity contribution is 7.27. The van der Waals surface area contributed by atoms with E-state index in [0.29, 0.717) is 11.5 Å². The monoisotopic (exact) mass is 969 g/mol. The van der Waals surface area contributed by atoms with E-state index < -0.39 is 0 Å². The van der Waals surface area contributed by atoms with Gasteiger partial charge in [0, 0.05) is 67.9 Å². The van der Waals surface area contributed by atoms with Crippen LogP contribution in [0.25, 0.3) is 117 Å². The van der Waals surface area contributed by atoms with E-state index in [1.165, 1.54) is 95.3 Å². The summed E-state index contributed by atoms with van der Waals surface area (Å²) in [6, 6.07) is 79.7. The Bertz CT molecular complexity index is 4530. The maximum absolute atomic E-state index is 5.97. The number of fused-ring (bicyclic) bond motifs is 13. The van der Waals surface area contributed by atoms with Crippen LogP contribution in [0.4, 0.5) is 0 Å². The van der Waals surface area contributed by atoms with E-state index in [1.807, 2.05) is 11.3 Å². The number of rotatable bonds is 8. The molecular weight excluding hydrogens is 923 g/mol. The third-order valence-electron chi connectivity index (χ3n) is 15.0. The van der Waals surface area contributed by atoms with Gasteiger partial charge in [-0.25, -0.2) is 9.98 Å². The summed E-state index contributed by atoms with van der Waals surface area (Å²) in [5.41, 5.74) is 10.5. The van der Waals surface area contributed by atoms with E-state index in [0.717, 1.165) is 44.8 Å². The molecule has 1 unspecified atom stereocenters. The van der Waals surface area contributed by atoms with Crippen molar-refractivity contribution in [3.63, 3.8) is 0 Å². The van der Waals surface area contributed by atoms with Crippen molar-refractivity contribution in [3.05, 3.63) is 242 Å². The second-order valence-corrected chi connectivity index (χ2v) is 21.4. The predicted molar refractivity (Wildman–Crippen MR) is 319 cm³/mol. The minimum Gasteiger partial charge on any atom is -0.309 e. The molecule has 0 amide bonds. The van der Waals surface area contributed by atoms with Crippen LogP contribution in [0.15, 0.2) is 235 Å². The number of hydrogen-bond acceptors (Lipinski definition) is 3. The van der Waals surface area contributed by atoms with Crippen molar-refractivity contribution in [1.29, 1.82) is 0 Å². The van der Waals surface area contributed by atoms with Gasteiger partial charge >= 0.3 is 0 Å². The largest absolute Gasteiger partial charge is 0.309 e. The Labute approximate surface area is 431 Å².